The summed E-state index contributed by atoms with van der Waals surface area (Å²) in [6.07, 6.45) is -3.70. The molecule has 1 aromatic heterocycles. The van der Waals surface area contributed by atoms with Crippen LogP contribution in [0.15, 0.2) is 11.0 Å². The molecule has 0 aliphatic heterocycles. The summed E-state index contributed by atoms with van der Waals surface area (Å²) in [4.78, 5) is 24.1. The third-order valence-electron chi connectivity index (χ3n) is 1.88. The van der Waals surface area contributed by atoms with Gasteiger partial charge in [-0.15, -0.1) is 0 Å². The van der Waals surface area contributed by atoms with Crippen molar-refractivity contribution in [2.45, 2.75) is 12.7 Å². The lowest BCUT2D eigenvalue weighted by molar-refractivity contribution is -0.173. The standard InChI is InChI=1S/C8H8F3N3O2S/c1-14-3-4(5(15)13-7(14)17)2-12-6(16)8(9,10)11/h3H,2H2,1H3,(H,12,16)(H,13,15,17). The Kier molecular flexibility index (Phi) is 3.71. The number of aryl methyl sites for hydroxylation is 1. The highest BCUT2D eigenvalue weighted by Crippen LogP contribution is 2.14. The number of carbonyl (C=O) groups is 1. The highest BCUT2D eigenvalue weighted by molar-refractivity contribution is 7.71. The first-order valence-electron chi connectivity index (χ1n) is 4.35. The molecule has 0 aliphatic rings. The molecule has 0 saturated heterocycles. The van der Waals surface area contributed by atoms with E-state index in [1.54, 1.807) is 5.32 Å². The number of amides is 1. The fourth-order valence-electron chi connectivity index (χ4n) is 1.02. The first-order valence-corrected chi connectivity index (χ1v) is 4.76. The molecule has 0 saturated carbocycles. The van der Waals surface area contributed by atoms with E-state index in [2.05, 4.69) is 4.98 Å². The van der Waals surface area contributed by atoms with E-state index >= 15 is 0 Å². The third-order valence-corrected chi connectivity index (χ3v) is 2.27. The molecule has 9 heteroatoms. The van der Waals surface area contributed by atoms with Crippen LogP contribution in [0.1, 0.15) is 5.56 Å². The van der Waals surface area contributed by atoms with Crippen LogP contribution in [0.5, 0.6) is 0 Å². The molecule has 0 aromatic carbocycles. The van der Waals surface area contributed by atoms with E-state index in [1.165, 1.54) is 17.8 Å². The molecule has 0 spiro atoms. The monoisotopic (exact) mass is 267 g/mol. The molecule has 1 heterocycles. The van der Waals surface area contributed by atoms with Crippen LogP contribution in [-0.2, 0) is 18.4 Å². The highest BCUT2D eigenvalue weighted by atomic mass is 32.1. The molecule has 0 unspecified atom stereocenters. The van der Waals surface area contributed by atoms with Gasteiger partial charge >= 0.3 is 12.1 Å². The van der Waals surface area contributed by atoms with E-state index in [0.29, 0.717) is 0 Å². The lowest BCUT2D eigenvalue weighted by Gasteiger charge is -2.08. The fourth-order valence-corrected chi connectivity index (χ4v) is 1.16. The molecule has 1 amide bonds. The Morgan fingerprint density at radius 2 is 2.18 bits per heavy atom. The highest BCUT2D eigenvalue weighted by Gasteiger charge is 2.38. The summed E-state index contributed by atoms with van der Waals surface area (Å²) in [6.45, 7) is -0.517. The van der Waals surface area contributed by atoms with Crippen LogP contribution in [0.4, 0.5) is 13.2 Å². The predicted octanol–water partition coefficient (Wildman–Crippen LogP) is 0.621. The quantitative estimate of drug-likeness (QED) is 0.772. The second kappa shape index (κ2) is 4.70. The molecule has 1 rings (SSSR count). The van der Waals surface area contributed by atoms with Crippen LogP contribution >= 0.6 is 12.2 Å². The zero-order chi connectivity index (χ0) is 13.2. The molecule has 2 N–H and O–H groups in total. The van der Waals surface area contributed by atoms with E-state index in [4.69, 9.17) is 12.2 Å². The number of H-pyrrole nitrogens is 1. The fraction of sp³-hybridized carbons (Fsp3) is 0.375. The van der Waals surface area contributed by atoms with Crippen molar-refractivity contribution in [2.24, 2.45) is 7.05 Å². The molecular formula is C8H8F3N3O2S. The normalized spacial score (nSPS) is 11.3. The Morgan fingerprint density at radius 1 is 1.59 bits per heavy atom. The Hall–Kier alpha value is -1.64. The molecule has 17 heavy (non-hydrogen) atoms. The number of carbonyl (C=O) groups excluding carboxylic acids is 1. The average molecular weight is 267 g/mol. The van der Waals surface area contributed by atoms with Gasteiger partial charge in [0.05, 0.1) is 5.56 Å². The van der Waals surface area contributed by atoms with E-state index in [9.17, 15) is 22.8 Å². The molecule has 0 bridgehead atoms. The summed E-state index contributed by atoms with van der Waals surface area (Å²) in [5.74, 6) is -2.10. The summed E-state index contributed by atoms with van der Waals surface area (Å²) in [5, 5.41) is 1.60. The van der Waals surface area contributed by atoms with Gasteiger partial charge in [-0.25, -0.2) is 0 Å². The van der Waals surface area contributed by atoms with Crippen molar-refractivity contribution in [3.05, 3.63) is 26.9 Å². The number of aromatic amines is 1. The van der Waals surface area contributed by atoms with Gasteiger partial charge < -0.3 is 9.88 Å². The van der Waals surface area contributed by atoms with Crippen molar-refractivity contribution in [1.29, 1.82) is 0 Å². The van der Waals surface area contributed by atoms with Gasteiger partial charge in [-0.3, -0.25) is 14.6 Å². The molecule has 0 aliphatic carbocycles. The number of rotatable bonds is 2. The molecule has 1 aromatic rings. The number of nitrogens with one attached hydrogen (secondary N) is 2. The predicted molar refractivity (Wildman–Crippen MR) is 54.8 cm³/mol. The first kappa shape index (κ1) is 13.4. The number of hydrogen-bond donors (Lipinski definition) is 2. The Morgan fingerprint density at radius 3 is 2.71 bits per heavy atom. The minimum absolute atomic E-state index is 0.0151. The lowest BCUT2D eigenvalue weighted by Crippen LogP contribution is -2.37. The van der Waals surface area contributed by atoms with Gasteiger partial charge in [0.25, 0.3) is 5.56 Å². The van der Waals surface area contributed by atoms with Crippen LogP contribution in [0.3, 0.4) is 0 Å². The Bertz CT molecular complexity index is 546. The van der Waals surface area contributed by atoms with Crippen LogP contribution in [-0.4, -0.2) is 21.6 Å². The molecule has 5 nitrogen and oxygen atoms in total. The summed E-state index contributed by atoms with van der Waals surface area (Å²) < 4.78 is 37.1. The maximum Gasteiger partial charge on any atom is 0.471 e. The van der Waals surface area contributed by atoms with Crippen LogP contribution in [0, 0.1) is 4.77 Å². The second-order valence-corrected chi connectivity index (χ2v) is 3.59. The minimum atomic E-state index is -4.97. The van der Waals surface area contributed by atoms with Crippen molar-refractivity contribution in [2.75, 3.05) is 0 Å². The van der Waals surface area contributed by atoms with Gasteiger partial charge in [-0.2, -0.15) is 13.2 Å². The third kappa shape index (κ3) is 3.41. The van der Waals surface area contributed by atoms with Crippen molar-refractivity contribution in [3.63, 3.8) is 0 Å². The largest absolute Gasteiger partial charge is 0.471 e. The Balaban J connectivity index is 2.85. The number of alkyl halides is 3. The van der Waals surface area contributed by atoms with E-state index in [0.717, 1.165) is 0 Å². The van der Waals surface area contributed by atoms with Crippen molar-refractivity contribution >= 4 is 18.1 Å². The SMILES string of the molecule is Cn1cc(CNC(=O)C(F)(F)F)c(=O)[nH]c1=S. The number of nitrogens with zero attached hydrogens (tertiary/aromatic N) is 1. The minimum Gasteiger partial charge on any atom is -0.344 e. The molecule has 94 valence electrons. The van der Waals surface area contributed by atoms with Gasteiger partial charge in [0.2, 0.25) is 0 Å². The van der Waals surface area contributed by atoms with E-state index < -0.39 is 24.2 Å². The molecular weight excluding hydrogens is 259 g/mol. The smallest absolute Gasteiger partial charge is 0.344 e. The first-order chi connectivity index (χ1) is 7.71. The van der Waals surface area contributed by atoms with Gasteiger partial charge in [0.15, 0.2) is 4.77 Å². The van der Waals surface area contributed by atoms with Crippen molar-refractivity contribution in [3.8, 4) is 0 Å². The number of aromatic nitrogens is 2. The van der Waals surface area contributed by atoms with Crippen molar-refractivity contribution in [1.82, 2.24) is 14.9 Å². The maximum absolute atomic E-state index is 11.9. The molecule has 0 atom stereocenters. The molecule has 0 radical (unpaired) electrons. The molecule has 0 fully saturated rings. The number of halogens is 3. The number of hydrogen-bond acceptors (Lipinski definition) is 3. The second-order valence-electron chi connectivity index (χ2n) is 3.20. The van der Waals surface area contributed by atoms with Crippen LogP contribution < -0.4 is 10.9 Å². The summed E-state index contributed by atoms with van der Waals surface area (Å²) >= 11 is 4.74. The summed E-state index contributed by atoms with van der Waals surface area (Å²) in [6, 6.07) is 0. The zero-order valence-electron chi connectivity index (χ0n) is 8.59. The topological polar surface area (TPSA) is 66.9 Å². The lowest BCUT2D eigenvalue weighted by atomic mass is 10.3. The van der Waals surface area contributed by atoms with Gasteiger partial charge in [-0.1, -0.05) is 0 Å². The van der Waals surface area contributed by atoms with Crippen LogP contribution in [0.25, 0.3) is 0 Å². The average Bonchev–Trinajstić information content (AvgIpc) is 2.19. The van der Waals surface area contributed by atoms with Gasteiger partial charge in [0.1, 0.15) is 0 Å². The zero-order valence-corrected chi connectivity index (χ0v) is 9.41. The van der Waals surface area contributed by atoms with Gasteiger partial charge in [0, 0.05) is 19.8 Å². The summed E-state index contributed by atoms with van der Waals surface area (Å²) in [7, 11) is 1.52. The van der Waals surface area contributed by atoms with Gasteiger partial charge in [-0.05, 0) is 12.2 Å². The van der Waals surface area contributed by atoms with Crippen LogP contribution in [0.2, 0.25) is 0 Å². The maximum atomic E-state index is 11.9. The van der Waals surface area contributed by atoms with E-state index in [1.807, 2.05) is 0 Å². The Labute approximate surface area is 98.3 Å². The van der Waals surface area contributed by atoms with Crippen molar-refractivity contribution < 1.29 is 18.0 Å². The van der Waals surface area contributed by atoms with E-state index in [-0.39, 0.29) is 10.3 Å². The summed E-state index contributed by atoms with van der Waals surface area (Å²) in [5.41, 5.74) is -0.644.